The topological polar surface area (TPSA) is 9.23 Å². The zero-order valence-corrected chi connectivity index (χ0v) is 17.3. The van der Waals surface area contributed by atoms with Crippen LogP contribution < -0.4 is 4.74 Å². The van der Waals surface area contributed by atoms with Gasteiger partial charge in [0, 0.05) is 44.2 Å². The van der Waals surface area contributed by atoms with Crippen LogP contribution in [-0.2, 0) is 43.5 Å². The molecule has 0 N–H and O–H groups in total. The second-order valence-corrected chi connectivity index (χ2v) is 7.45. The van der Waals surface area contributed by atoms with Gasteiger partial charge in [0.25, 0.3) is 0 Å². The van der Waals surface area contributed by atoms with Crippen LogP contribution in [0.2, 0.25) is 0 Å². The molecule has 0 aliphatic rings. The molecule has 0 saturated carbocycles. The van der Waals surface area contributed by atoms with Gasteiger partial charge in [-0.05, 0) is 5.41 Å². The fourth-order valence-corrected chi connectivity index (χ4v) is 2.33. The number of ether oxygens (including phenoxy) is 1. The number of hydrogen-bond acceptors (Lipinski definition) is 1. The molecular formula is C20H24OY-2. The minimum Gasteiger partial charge on any atom is -0.509 e. The van der Waals surface area contributed by atoms with Gasteiger partial charge >= 0.3 is 0 Å². The zero-order chi connectivity index (χ0) is 15.7. The molecular weight excluding hydrogens is 345 g/mol. The van der Waals surface area contributed by atoms with Gasteiger partial charge in [-0.3, -0.25) is 0 Å². The number of rotatable bonds is 2. The summed E-state index contributed by atoms with van der Waals surface area (Å²) in [6.07, 6.45) is 0. The third-order valence-corrected chi connectivity index (χ3v) is 3.44. The van der Waals surface area contributed by atoms with Crippen molar-refractivity contribution in [2.24, 2.45) is 0 Å². The molecule has 22 heavy (non-hydrogen) atoms. The third-order valence-electron chi connectivity index (χ3n) is 3.44. The Labute approximate surface area is 160 Å². The summed E-state index contributed by atoms with van der Waals surface area (Å²) in [5.74, 6) is 1.47. The predicted molar refractivity (Wildman–Crippen MR) is 88.0 cm³/mol. The van der Waals surface area contributed by atoms with Crippen LogP contribution >= 0.6 is 0 Å². The van der Waals surface area contributed by atoms with E-state index in [9.17, 15) is 0 Å². The van der Waals surface area contributed by atoms with Gasteiger partial charge < -0.3 is 4.74 Å². The van der Waals surface area contributed by atoms with Gasteiger partial charge in [0.05, 0.1) is 0 Å². The summed E-state index contributed by atoms with van der Waals surface area (Å²) in [7, 11) is 0. The van der Waals surface area contributed by atoms with Gasteiger partial charge in [-0.1, -0.05) is 47.0 Å². The van der Waals surface area contributed by atoms with Gasteiger partial charge in [-0.2, -0.15) is 24.3 Å². The van der Waals surface area contributed by atoms with Crippen molar-refractivity contribution < 1.29 is 37.4 Å². The van der Waals surface area contributed by atoms with Crippen molar-refractivity contribution in [1.29, 1.82) is 0 Å². The van der Waals surface area contributed by atoms with Gasteiger partial charge in [0.2, 0.25) is 0 Å². The van der Waals surface area contributed by atoms with Crippen LogP contribution in [0.1, 0.15) is 52.7 Å². The standard InChI is InChI=1S/C20H24O.Y/c1-19(2,3)17-13-12-16(14-18(17)20(4,5)6)21-15-10-8-7-9-11-15;/h7-10,13-14H,1-6H3;/q-2;. The summed E-state index contributed by atoms with van der Waals surface area (Å²) in [5, 5.41) is 0. The van der Waals surface area contributed by atoms with Gasteiger partial charge in [-0.15, -0.1) is 35.4 Å². The Kier molecular flexibility index (Phi) is 6.41. The second kappa shape index (κ2) is 7.28. The van der Waals surface area contributed by atoms with E-state index >= 15 is 0 Å². The normalized spacial score (nSPS) is 11.7. The average Bonchev–Trinajstić information content (AvgIpc) is 2.37. The predicted octanol–water partition coefficient (Wildman–Crippen LogP) is 5.67. The molecule has 2 aromatic carbocycles. The fraction of sp³-hybridized carbons (Fsp3) is 0.400. The van der Waals surface area contributed by atoms with Crippen molar-refractivity contribution in [2.45, 2.75) is 52.4 Å². The molecule has 0 spiro atoms. The maximum absolute atomic E-state index is 5.87. The van der Waals surface area contributed by atoms with Crippen LogP contribution in [0.5, 0.6) is 11.5 Å². The molecule has 0 fully saturated rings. The summed E-state index contributed by atoms with van der Waals surface area (Å²) in [5.41, 5.74) is 2.78. The Morgan fingerprint density at radius 3 is 1.95 bits per heavy atom. The first-order valence-electron chi connectivity index (χ1n) is 7.39. The summed E-state index contributed by atoms with van der Waals surface area (Å²) < 4.78 is 5.87. The summed E-state index contributed by atoms with van der Waals surface area (Å²) in [6.45, 7) is 13.4. The molecule has 0 aromatic heterocycles. The molecule has 0 aliphatic carbocycles. The fourth-order valence-electron chi connectivity index (χ4n) is 2.33. The molecule has 0 atom stereocenters. The number of hydrogen-bond donors (Lipinski definition) is 0. The Balaban J connectivity index is 0.00000242. The molecule has 0 amide bonds. The quantitative estimate of drug-likeness (QED) is 0.620. The minimum atomic E-state index is 0. The largest absolute Gasteiger partial charge is 0.509 e. The smallest absolute Gasteiger partial charge is 0.0130 e. The first-order valence-corrected chi connectivity index (χ1v) is 7.39. The Morgan fingerprint density at radius 1 is 0.818 bits per heavy atom. The molecule has 115 valence electrons. The molecule has 1 radical (unpaired) electrons. The van der Waals surface area contributed by atoms with Crippen LogP contribution in [0.4, 0.5) is 0 Å². The molecule has 1 nitrogen and oxygen atoms in total. The van der Waals surface area contributed by atoms with E-state index in [1.54, 1.807) is 0 Å². The van der Waals surface area contributed by atoms with Crippen molar-refractivity contribution >= 4 is 0 Å². The van der Waals surface area contributed by atoms with E-state index in [4.69, 9.17) is 4.74 Å². The van der Waals surface area contributed by atoms with Crippen molar-refractivity contribution in [3.05, 3.63) is 59.7 Å². The van der Waals surface area contributed by atoms with Gasteiger partial charge in [-0.25, -0.2) is 0 Å². The van der Waals surface area contributed by atoms with Crippen LogP contribution in [0.15, 0.2) is 36.4 Å². The van der Waals surface area contributed by atoms with E-state index < -0.39 is 0 Å². The van der Waals surface area contributed by atoms with E-state index in [1.165, 1.54) is 11.1 Å². The van der Waals surface area contributed by atoms with E-state index in [0.717, 1.165) is 11.5 Å². The Bertz CT molecular complexity index is 604. The molecule has 0 unspecified atom stereocenters. The molecule has 0 aliphatic heterocycles. The summed E-state index contributed by atoms with van der Waals surface area (Å²) >= 11 is 0. The van der Waals surface area contributed by atoms with E-state index in [2.05, 4.69) is 65.8 Å². The minimum absolute atomic E-state index is 0. The van der Waals surface area contributed by atoms with E-state index in [0.29, 0.717) is 0 Å². The Morgan fingerprint density at radius 2 is 1.45 bits per heavy atom. The monoisotopic (exact) mass is 369 g/mol. The number of benzene rings is 2. The molecule has 2 rings (SSSR count). The first kappa shape index (κ1) is 19.4. The zero-order valence-electron chi connectivity index (χ0n) is 14.4. The van der Waals surface area contributed by atoms with Gasteiger partial charge in [0.1, 0.15) is 0 Å². The van der Waals surface area contributed by atoms with Crippen molar-refractivity contribution in [3.8, 4) is 11.5 Å². The van der Waals surface area contributed by atoms with Crippen molar-refractivity contribution in [2.75, 3.05) is 0 Å². The molecule has 0 saturated heterocycles. The maximum Gasteiger partial charge on any atom is 0.0130 e. The van der Waals surface area contributed by atoms with Crippen LogP contribution in [0.25, 0.3) is 0 Å². The third kappa shape index (κ3) is 4.93. The molecule has 2 heteroatoms. The van der Waals surface area contributed by atoms with Crippen molar-refractivity contribution in [1.82, 2.24) is 0 Å². The SMILES string of the molecule is CC(C)(C)c1c[c-]c(Oc2[c-]cccc2)cc1C(C)(C)C.[Y]. The molecule has 0 heterocycles. The van der Waals surface area contributed by atoms with Gasteiger partial charge in [0.15, 0.2) is 0 Å². The van der Waals surface area contributed by atoms with Crippen LogP contribution in [-0.4, -0.2) is 0 Å². The van der Waals surface area contributed by atoms with Crippen LogP contribution in [0, 0.1) is 12.1 Å². The average molecular weight is 369 g/mol. The van der Waals surface area contributed by atoms with E-state index in [-0.39, 0.29) is 43.5 Å². The maximum atomic E-state index is 5.87. The molecule has 2 aromatic rings. The number of para-hydroxylation sites is 1. The Hall–Kier alpha value is -0.656. The first-order chi connectivity index (χ1) is 9.68. The summed E-state index contributed by atoms with van der Waals surface area (Å²) in [6, 6.07) is 18.2. The van der Waals surface area contributed by atoms with E-state index in [1.807, 2.05) is 24.3 Å². The summed E-state index contributed by atoms with van der Waals surface area (Å²) in [4.78, 5) is 0. The van der Waals surface area contributed by atoms with Crippen molar-refractivity contribution in [3.63, 3.8) is 0 Å². The van der Waals surface area contributed by atoms with Crippen LogP contribution in [0.3, 0.4) is 0 Å². The second-order valence-electron chi connectivity index (χ2n) is 7.45. The molecule has 0 bridgehead atoms.